The molecule has 88 valence electrons. The van der Waals surface area contributed by atoms with Crippen LogP contribution in [0.2, 0.25) is 0 Å². The van der Waals surface area contributed by atoms with Crippen LogP contribution in [0, 0.1) is 13.8 Å². The standard InChI is InChI=1S/C13H20N2O/c1-4-14-13(16)7-8-15-12-6-5-10(2)11(3)9-12/h5-6,9,15H,4,7-8H2,1-3H3,(H,14,16). The number of aryl methyl sites for hydroxylation is 2. The Morgan fingerprint density at radius 1 is 1.25 bits per heavy atom. The fourth-order valence-corrected chi connectivity index (χ4v) is 1.46. The highest BCUT2D eigenvalue weighted by atomic mass is 16.1. The summed E-state index contributed by atoms with van der Waals surface area (Å²) in [7, 11) is 0. The number of hydrogen-bond donors (Lipinski definition) is 2. The molecule has 1 amide bonds. The first-order valence-electron chi connectivity index (χ1n) is 5.71. The molecule has 0 fully saturated rings. The number of benzene rings is 1. The second-order valence-corrected chi connectivity index (χ2v) is 3.93. The van der Waals surface area contributed by atoms with Crippen LogP contribution in [0.1, 0.15) is 24.5 Å². The summed E-state index contributed by atoms with van der Waals surface area (Å²) in [6.45, 7) is 7.48. The summed E-state index contributed by atoms with van der Waals surface area (Å²) >= 11 is 0. The van der Waals surface area contributed by atoms with Crippen molar-refractivity contribution in [2.24, 2.45) is 0 Å². The van der Waals surface area contributed by atoms with Crippen LogP contribution in [0.15, 0.2) is 18.2 Å². The first-order chi connectivity index (χ1) is 7.63. The summed E-state index contributed by atoms with van der Waals surface area (Å²) < 4.78 is 0. The molecule has 0 saturated carbocycles. The van der Waals surface area contributed by atoms with Crippen molar-refractivity contribution in [3.63, 3.8) is 0 Å². The first-order valence-corrected chi connectivity index (χ1v) is 5.71. The van der Waals surface area contributed by atoms with Gasteiger partial charge in [0.05, 0.1) is 0 Å². The van der Waals surface area contributed by atoms with Gasteiger partial charge in [0.2, 0.25) is 5.91 Å². The molecule has 1 rings (SSSR count). The predicted octanol–water partition coefficient (Wildman–Crippen LogP) is 2.24. The second-order valence-electron chi connectivity index (χ2n) is 3.93. The van der Waals surface area contributed by atoms with Gasteiger partial charge in [-0.1, -0.05) is 6.07 Å². The number of amides is 1. The van der Waals surface area contributed by atoms with Crippen molar-refractivity contribution < 1.29 is 4.79 Å². The molecule has 0 bridgehead atoms. The van der Waals surface area contributed by atoms with Gasteiger partial charge in [-0.05, 0) is 44.0 Å². The van der Waals surface area contributed by atoms with Crippen LogP contribution in [-0.4, -0.2) is 19.0 Å². The normalized spacial score (nSPS) is 9.94. The molecule has 3 heteroatoms. The topological polar surface area (TPSA) is 41.1 Å². The van der Waals surface area contributed by atoms with Gasteiger partial charge in [-0.3, -0.25) is 4.79 Å². The smallest absolute Gasteiger partial charge is 0.221 e. The molecule has 0 aromatic heterocycles. The van der Waals surface area contributed by atoms with Gasteiger partial charge >= 0.3 is 0 Å². The van der Waals surface area contributed by atoms with Crippen molar-refractivity contribution >= 4 is 11.6 Å². The molecular weight excluding hydrogens is 200 g/mol. The van der Waals surface area contributed by atoms with Crippen LogP contribution in [0.3, 0.4) is 0 Å². The molecular formula is C13H20N2O. The van der Waals surface area contributed by atoms with Crippen molar-refractivity contribution in [3.05, 3.63) is 29.3 Å². The van der Waals surface area contributed by atoms with E-state index in [4.69, 9.17) is 0 Å². The molecule has 0 saturated heterocycles. The van der Waals surface area contributed by atoms with Crippen molar-refractivity contribution in [1.82, 2.24) is 5.32 Å². The van der Waals surface area contributed by atoms with Gasteiger partial charge in [0.15, 0.2) is 0 Å². The zero-order chi connectivity index (χ0) is 12.0. The summed E-state index contributed by atoms with van der Waals surface area (Å²) in [6, 6.07) is 6.23. The minimum absolute atomic E-state index is 0.0961. The van der Waals surface area contributed by atoms with Crippen molar-refractivity contribution in [1.29, 1.82) is 0 Å². The van der Waals surface area contributed by atoms with E-state index in [0.717, 1.165) is 5.69 Å². The molecule has 0 aliphatic heterocycles. The maximum absolute atomic E-state index is 11.2. The van der Waals surface area contributed by atoms with Crippen LogP contribution < -0.4 is 10.6 Å². The van der Waals surface area contributed by atoms with Gasteiger partial charge in [0, 0.05) is 25.2 Å². The molecule has 0 unspecified atom stereocenters. The van der Waals surface area contributed by atoms with Gasteiger partial charge in [-0.25, -0.2) is 0 Å². The maximum Gasteiger partial charge on any atom is 0.221 e. The summed E-state index contributed by atoms with van der Waals surface area (Å²) in [5, 5.41) is 6.01. The van der Waals surface area contributed by atoms with Crippen molar-refractivity contribution in [3.8, 4) is 0 Å². The molecule has 0 radical (unpaired) electrons. The Balaban J connectivity index is 2.37. The molecule has 3 nitrogen and oxygen atoms in total. The SMILES string of the molecule is CCNC(=O)CCNc1ccc(C)c(C)c1. The second kappa shape index (κ2) is 6.16. The highest BCUT2D eigenvalue weighted by molar-refractivity contribution is 5.76. The number of rotatable bonds is 5. The third kappa shape index (κ3) is 3.93. The monoisotopic (exact) mass is 220 g/mol. The third-order valence-corrected chi connectivity index (χ3v) is 2.56. The van der Waals surface area contributed by atoms with E-state index in [1.165, 1.54) is 11.1 Å². The summed E-state index contributed by atoms with van der Waals surface area (Å²) in [6.07, 6.45) is 0.515. The van der Waals surface area contributed by atoms with Crippen LogP contribution in [0.5, 0.6) is 0 Å². The van der Waals surface area contributed by atoms with Gasteiger partial charge in [-0.15, -0.1) is 0 Å². The number of carbonyl (C=O) groups is 1. The van der Waals surface area contributed by atoms with E-state index in [9.17, 15) is 4.79 Å². The zero-order valence-corrected chi connectivity index (χ0v) is 10.3. The molecule has 16 heavy (non-hydrogen) atoms. The van der Waals surface area contributed by atoms with E-state index in [1.54, 1.807) is 0 Å². The van der Waals surface area contributed by atoms with E-state index >= 15 is 0 Å². The molecule has 1 aromatic rings. The summed E-state index contributed by atoms with van der Waals surface area (Å²) in [5.41, 5.74) is 3.63. The quantitative estimate of drug-likeness (QED) is 0.799. The Labute approximate surface area is 97.2 Å². The van der Waals surface area contributed by atoms with E-state index in [-0.39, 0.29) is 5.91 Å². The fourth-order valence-electron chi connectivity index (χ4n) is 1.46. The highest BCUT2D eigenvalue weighted by Crippen LogP contribution is 2.13. The molecule has 0 atom stereocenters. The Hall–Kier alpha value is -1.51. The maximum atomic E-state index is 11.2. The van der Waals surface area contributed by atoms with E-state index in [2.05, 4.69) is 36.6 Å². The largest absolute Gasteiger partial charge is 0.385 e. The molecule has 0 aliphatic carbocycles. The van der Waals surface area contributed by atoms with Crippen LogP contribution in [0.25, 0.3) is 0 Å². The lowest BCUT2D eigenvalue weighted by Gasteiger charge is -2.08. The van der Waals surface area contributed by atoms with Gasteiger partial charge < -0.3 is 10.6 Å². The van der Waals surface area contributed by atoms with Gasteiger partial charge in [0.25, 0.3) is 0 Å². The van der Waals surface area contributed by atoms with E-state index in [1.807, 2.05) is 13.0 Å². The van der Waals surface area contributed by atoms with Crippen LogP contribution in [0.4, 0.5) is 5.69 Å². The lowest BCUT2D eigenvalue weighted by molar-refractivity contribution is -0.120. The first kappa shape index (κ1) is 12.6. The molecule has 1 aromatic carbocycles. The minimum atomic E-state index is 0.0961. The molecule has 2 N–H and O–H groups in total. The third-order valence-electron chi connectivity index (χ3n) is 2.56. The van der Waals surface area contributed by atoms with Crippen LogP contribution >= 0.6 is 0 Å². The van der Waals surface area contributed by atoms with E-state index in [0.29, 0.717) is 19.5 Å². The Bertz CT molecular complexity index is 361. The average Bonchev–Trinajstić information content (AvgIpc) is 2.24. The average molecular weight is 220 g/mol. The fraction of sp³-hybridized carbons (Fsp3) is 0.462. The Morgan fingerprint density at radius 2 is 2.00 bits per heavy atom. The Kier molecular flexibility index (Phi) is 4.83. The van der Waals surface area contributed by atoms with E-state index < -0.39 is 0 Å². The van der Waals surface area contributed by atoms with Crippen molar-refractivity contribution in [2.75, 3.05) is 18.4 Å². The highest BCUT2D eigenvalue weighted by Gasteiger charge is 1.99. The lowest BCUT2D eigenvalue weighted by atomic mass is 10.1. The zero-order valence-electron chi connectivity index (χ0n) is 10.3. The number of carbonyl (C=O) groups excluding carboxylic acids is 1. The summed E-state index contributed by atoms with van der Waals surface area (Å²) in [5.74, 6) is 0.0961. The number of anilines is 1. The number of hydrogen-bond acceptors (Lipinski definition) is 2. The lowest BCUT2D eigenvalue weighted by Crippen LogP contribution is -2.24. The minimum Gasteiger partial charge on any atom is -0.385 e. The molecule has 0 heterocycles. The Morgan fingerprint density at radius 3 is 2.62 bits per heavy atom. The summed E-state index contributed by atoms with van der Waals surface area (Å²) in [4.78, 5) is 11.2. The molecule has 0 aliphatic rings. The number of nitrogens with one attached hydrogen (secondary N) is 2. The van der Waals surface area contributed by atoms with Gasteiger partial charge in [-0.2, -0.15) is 0 Å². The van der Waals surface area contributed by atoms with Crippen molar-refractivity contribution in [2.45, 2.75) is 27.2 Å². The predicted molar refractivity (Wildman–Crippen MR) is 67.7 cm³/mol. The van der Waals surface area contributed by atoms with Crippen LogP contribution in [-0.2, 0) is 4.79 Å². The molecule has 0 spiro atoms. The van der Waals surface area contributed by atoms with Gasteiger partial charge in [0.1, 0.15) is 0 Å².